The van der Waals surface area contributed by atoms with Crippen LogP contribution in [0.5, 0.6) is 0 Å². The Balaban J connectivity index is 0.000000122. The molecule has 0 amide bonds. The van der Waals surface area contributed by atoms with Crippen molar-refractivity contribution in [2.45, 2.75) is 149 Å². The van der Waals surface area contributed by atoms with Crippen molar-refractivity contribution < 1.29 is 20.8 Å². The molecule has 0 bridgehead atoms. The summed E-state index contributed by atoms with van der Waals surface area (Å²) in [6.45, 7) is 7.57. The Morgan fingerprint density at radius 2 is 0.893 bits per heavy atom. The van der Waals surface area contributed by atoms with Gasteiger partial charge in [-0.1, -0.05) is 139 Å². The molecule has 0 aliphatic heterocycles. The summed E-state index contributed by atoms with van der Waals surface area (Å²) in [6, 6.07) is 17.7. The first-order chi connectivity index (χ1) is 26.5. The Hall–Kier alpha value is -0.357. The van der Waals surface area contributed by atoms with Crippen LogP contribution in [0.2, 0.25) is 0 Å². The molecular weight excluding hydrogens is 799 g/mol. The molecule has 0 N–H and O–H groups in total. The van der Waals surface area contributed by atoms with E-state index >= 15 is 0 Å². The van der Waals surface area contributed by atoms with Crippen molar-refractivity contribution in [2.24, 2.45) is 82.9 Å². The second-order valence-corrected chi connectivity index (χ2v) is 24.2. The van der Waals surface area contributed by atoms with Crippen molar-refractivity contribution in [1.29, 1.82) is 0 Å². The molecular formula is C53H76Cl2Zr. The van der Waals surface area contributed by atoms with Gasteiger partial charge in [0.15, 0.2) is 0 Å². The first-order valence-electron chi connectivity index (χ1n) is 23.4. The van der Waals surface area contributed by atoms with Crippen LogP contribution in [0.4, 0.5) is 0 Å². The number of hydrogen-bond donors (Lipinski definition) is 0. The van der Waals surface area contributed by atoms with Gasteiger partial charge < -0.3 is 14.9 Å². The maximum absolute atomic E-state index is 4.93. The van der Waals surface area contributed by atoms with Crippen molar-refractivity contribution in [3.05, 3.63) is 91.2 Å². The molecule has 8 saturated carbocycles. The Morgan fingerprint density at radius 3 is 1.41 bits per heavy atom. The average molecular weight is 875 g/mol. The van der Waals surface area contributed by atoms with Crippen molar-refractivity contribution in [2.75, 3.05) is 0 Å². The fraction of sp³-hybridized carbons (Fsp3) is 0.698. The molecule has 0 saturated heterocycles. The third-order valence-corrected chi connectivity index (χ3v) is 18.7. The van der Waals surface area contributed by atoms with E-state index < -0.39 is 20.8 Å². The van der Waals surface area contributed by atoms with Gasteiger partial charge in [-0.25, -0.2) is 0 Å². The predicted octanol–water partition coefficient (Wildman–Crippen LogP) is 16.2. The molecule has 15 unspecified atom stereocenters. The number of allylic oxidation sites excluding steroid dienone is 1. The van der Waals surface area contributed by atoms with Crippen LogP contribution < -0.4 is 0 Å². The molecule has 10 aliphatic rings. The number of fused-ring (bicyclic) bond motifs is 14. The summed E-state index contributed by atoms with van der Waals surface area (Å²) in [5, 5.41) is 0. The van der Waals surface area contributed by atoms with Crippen LogP contribution >= 0.6 is 17.0 Å². The summed E-state index contributed by atoms with van der Waals surface area (Å²) in [7, 11) is 9.87. The molecule has 2 aromatic rings. The van der Waals surface area contributed by atoms with Crippen molar-refractivity contribution in [3.8, 4) is 0 Å². The Morgan fingerprint density at radius 1 is 0.482 bits per heavy atom. The Kier molecular flexibility index (Phi) is 14.9. The van der Waals surface area contributed by atoms with E-state index in [2.05, 4.69) is 69.3 Å². The first kappa shape index (κ1) is 43.7. The molecule has 0 nitrogen and oxygen atoms in total. The Labute approximate surface area is 363 Å². The van der Waals surface area contributed by atoms with Gasteiger partial charge in [0.05, 0.1) is 0 Å². The summed E-state index contributed by atoms with van der Waals surface area (Å²) in [4.78, 5) is 0. The molecule has 3 heteroatoms. The van der Waals surface area contributed by atoms with Gasteiger partial charge in [0.2, 0.25) is 0 Å². The third-order valence-electron chi connectivity index (χ3n) is 18.7. The van der Waals surface area contributed by atoms with Crippen LogP contribution in [0.1, 0.15) is 165 Å². The Bertz CT molecular complexity index is 1570. The normalized spacial score (nSPS) is 41.1. The summed E-state index contributed by atoms with van der Waals surface area (Å²) < 4.78 is 0. The monoisotopic (exact) mass is 872 g/mol. The van der Waals surface area contributed by atoms with Crippen molar-refractivity contribution in [1.82, 2.24) is 0 Å². The summed E-state index contributed by atoms with van der Waals surface area (Å²) in [5.41, 5.74) is 9.06. The quantitative estimate of drug-likeness (QED) is 0.231. The fourth-order valence-electron chi connectivity index (χ4n) is 16.8. The van der Waals surface area contributed by atoms with Crippen LogP contribution in [0.25, 0.3) is 5.57 Å². The topological polar surface area (TPSA) is 0 Å². The standard InChI is InChI=1S/2C17H28.C17H14.2CH3.2ClH.Zr/c3*1-11-13-7-4-5-9-15(13)17-14-8-3-2-6-12(14)10-16(11)17;;;;;/h2*11-17H,2-10H2,1H3;2-9,11H,10H2,1H3;2*1H3;2*1H;/q;;;2*-1;;;+4/p-2. The number of rotatable bonds is 0. The maximum atomic E-state index is 4.93. The van der Waals surface area contributed by atoms with Crippen molar-refractivity contribution >= 4 is 22.6 Å². The van der Waals surface area contributed by atoms with Gasteiger partial charge in [-0.05, 0) is 168 Å². The van der Waals surface area contributed by atoms with E-state index in [0.717, 1.165) is 65.6 Å². The summed E-state index contributed by atoms with van der Waals surface area (Å²) in [6.07, 6.45) is 29.5. The number of halogens is 2. The van der Waals surface area contributed by atoms with Gasteiger partial charge >= 0.3 is 37.9 Å². The minimum atomic E-state index is -0.826. The first-order valence-corrected chi connectivity index (χ1v) is 29.7. The van der Waals surface area contributed by atoms with Crippen LogP contribution in [-0.2, 0) is 27.3 Å². The van der Waals surface area contributed by atoms with Gasteiger partial charge in [-0.2, -0.15) is 0 Å². The van der Waals surface area contributed by atoms with Gasteiger partial charge in [0, 0.05) is 5.92 Å². The molecule has 15 atom stereocenters. The van der Waals surface area contributed by atoms with Crippen LogP contribution in [0, 0.1) is 97.7 Å². The molecule has 0 radical (unpaired) electrons. The predicted molar refractivity (Wildman–Crippen MR) is 239 cm³/mol. The molecule has 12 rings (SSSR count). The van der Waals surface area contributed by atoms with E-state index in [1.807, 2.05) is 0 Å². The van der Waals surface area contributed by atoms with Gasteiger partial charge in [0.25, 0.3) is 0 Å². The zero-order valence-corrected chi connectivity index (χ0v) is 39.9. The van der Waals surface area contributed by atoms with E-state index in [1.54, 1.807) is 121 Å². The van der Waals surface area contributed by atoms with E-state index in [9.17, 15) is 0 Å². The molecule has 2 aromatic carbocycles. The van der Waals surface area contributed by atoms with Crippen LogP contribution in [0.15, 0.2) is 54.1 Å². The second kappa shape index (κ2) is 19.1. The van der Waals surface area contributed by atoms with E-state index in [0.29, 0.717) is 5.92 Å². The molecule has 0 aromatic heterocycles. The van der Waals surface area contributed by atoms with E-state index in [1.165, 1.54) is 51.5 Å². The zero-order chi connectivity index (χ0) is 36.9. The number of hydrogen-bond acceptors (Lipinski definition) is 0. The molecule has 0 spiro atoms. The van der Waals surface area contributed by atoms with Crippen LogP contribution in [0.3, 0.4) is 0 Å². The molecule has 8 fully saturated rings. The van der Waals surface area contributed by atoms with E-state index in [4.69, 9.17) is 17.0 Å². The third kappa shape index (κ3) is 7.85. The van der Waals surface area contributed by atoms with Crippen molar-refractivity contribution in [3.63, 3.8) is 0 Å². The summed E-state index contributed by atoms with van der Waals surface area (Å²) in [5.74, 6) is 16.7. The molecule has 306 valence electrons. The van der Waals surface area contributed by atoms with Gasteiger partial charge in [-0.3, -0.25) is 0 Å². The molecule has 0 heterocycles. The minimum absolute atomic E-state index is 0. The average Bonchev–Trinajstić information content (AvgIpc) is 4.04. The summed E-state index contributed by atoms with van der Waals surface area (Å²) >= 11 is -0.826. The fourth-order valence-corrected chi connectivity index (χ4v) is 16.8. The van der Waals surface area contributed by atoms with Gasteiger partial charge in [-0.15, -0.1) is 0 Å². The van der Waals surface area contributed by atoms with Crippen LogP contribution in [-0.4, -0.2) is 0 Å². The van der Waals surface area contributed by atoms with E-state index in [-0.39, 0.29) is 14.9 Å². The molecule has 56 heavy (non-hydrogen) atoms. The number of benzene rings is 2. The SMILES string of the molecule is CC1C2=C(c3ccccc3C2)c2ccccc21.CC1C2CCCCC2C2C3CCCCC3CC12.CC1C2CCCCC2C2C3CCCCC3CC12.[CH3-].[CH3-].[Cl][Zr+2][Cl]. The zero-order valence-electron chi connectivity index (χ0n) is 36.0. The van der Waals surface area contributed by atoms with Gasteiger partial charge in [0.1, 0.15) is 0 Å². The second-order valence-electron chi connectivity index (χ2n) is 20.4. The molecule has 10 aliphatic carbocycles.